The highest BCUT2D eigenvalue weighted by Gasteiger charge is 2.34. The zero-order valence-electron chi connectivity index (χ0n) is 25.1. The fourth-order valence-electron chi connectivity index (χ4n) is 4.23. The Morgan fingerprint density at radius 1 is 0.930 bits per heavy atom. The van der Waals surface area contributed by atoms with Crippen LogP contribution in [0.1, 0.15) is 38.3 Å². The lowest BCUT2D eigenvalue weighted by atomic mass is 10.1. The topological polar surface area (TPSA) is 105 Å². The summed E-state index contributed by atoms with van der Waals surface area (Å²) in [6.07, 6.45) is 0.692. The predicted octanol–water partition coefficient (Wildman–Crippen LogP) is 5.85. The molecule has 0 aliphatic carbocycles. The van der Waals surface area contributed by atoms with Crippen LogP contribution in [0.15, 0.2) is 65.6 Å². The molecule has 9 nitrogen and oxygen atoms in total. The number of nitrogens with zero attached hydrogens (tertiary/aromatic N) is 2. The number of carbonyl (C=O) groups is 2. The third-order valence-corrected chi connectivity index (χ3v) is 9.56. The molecule has 3 aromatic rings. The van der Waals surface area contributed by atoms with Crippen LogP contribution in [0.5, 0.6) is 11.5 Å². The van der Waals surface area contributed by atoms with E-state index in [1.807, 2.05) is 20.8 Å². The van der Waals surface area contributed by atoms with Gasteiger partial charge < -0.3 is 19.7 Å². The van der Waals surface area contributed by atoms with Crippen LogP contribution in [-0.2, 0) is 26.2 Å². The van der Waals surface area contributed by atoms with Crippen molar-refractivity contribution in [2.24, 2.45) is 0 Å². The van der Waals surface area contributed by atoms with E-state index in [1.54, 1.807) is 49.4 Å². The maximum Gasteiger partial charge on any atom is 0.264 e. The standard InChI is InChI=1S/C31H37Cl2N3O6S/c1-7-21(3)34-31(38)22(4)35(18-23-10-14-26(32)27(33)16-23)30(37)19-36(28-17-24(41-5)11-15-29(28)42-6)43(39,40)25-12-8-20(2)9-13-25/h8-17,21-22H,7,18-19H2,1-6H3,(H,34,38). The van der Waals surface area contributed by atoms with E-state index in [-0.39, 0.29) is 39.8 Å². The SMILES string of the molecule is CCC(C)NC(=O)C(C)N(Cc1ccc(Cl)c(Cl)c1)C(=O)CN(c1cc(OC)ccc1OC)S(=O)(=O)c1ccc(C)cc1. The van der Waals surface area contributed by atoms with E-state index in [0.717, 1.165) is 9.87 Å². The van der Waals surface area contributed by atoms with Gasteiger partial charge >= 0.3 is 0 Å². The minimum atomic E-state index is -4.30. The molecule has 12 heteroatoms. The van der Waals surface area contributed by atoms with Gasteiger partial charge in [0.1, 0.15) is 24.1 Å². The number of halogens is 2. The zero-order valence-corrected chi connectivity index (χ0v) is 27.4. The fourth-order valence-corrected chi connectivity index (χ4v) is 5.96. The maximum absolute atomic E-state index is 14.2. The summed E-state index contributed by atoms with van der Waals surface area (Å²) in [5, 5.41) is 3.53. The van der Waals surface area contributed by atoms with Crippen LogP contribution in [0.2, 0.25) is 10.0 Å². The number of carbonyl (C=O) groups excluding carboxylic acids is 2. The Labute approximate surface area is 263 Å². The number of sulfonamides is 1. The van der Waals surface area contributed by atoms with Crippen molar-refractivity contribution in [3.63, 3.8) is 0 Å². The molecule has 0 bridgehead atoms. The number of rotatable bonds is 13. The summed E-state index contributed by atoms with van der Waals surface area (Å²) in [4.78, 5) is 28.7. The molecule has 0 aliphatic rings. The summed E-state index contributed by atoms with van der Waals surface area (Å²) < 4.78 is 40.1. The lowest BCUT2D eigenvalue weighted by molar-refractivity contribution is -0.139. The smallest absolute Gasteiger partial charge is 0.264 e. The largest absolute Gasteiger partial charge is 0.497 e. The molecule has 2 atom stereocenters. The Hall–Kier alpha value is -3.47. The average molecular weight is 651 g/mol. The number of aryl methyl sites for hydroxylation is 1. The van der Waals surface area contributed by atoms with Gasteiger partial charge in [-0.2, -0.15) is 0 Å². The molecule has 0 spiro atoms. The van der Waals surface area contributed by atoms with Gasteiger partial charge in [-0.15, -0.1) is 0 Å². The monoisotopic (exact) mass is 649 g/mol. The van der Waals surface area contributed by atoms with Crippen molar-refractivity contribution in [3.05, 3.63) is 81.8 Å². The fraction of sp³-hybridized carbons (Fsp3) is 0.355. The number of nitrogens with one attached hydrogen (secondary N) is 1. The number of anilines is 1. The van der Waals surface area contributed by atoms with Crippen LogP contribution in [0.3, 0.4) is 0 Å². The molecule has 3 rings (SSSR count). The summed E-state index contributed by atoms with van der Waals surface area (Å²) in [5.74, 6) is -0.433. The molecule has 0 aromatic heterocycles. The van der Waals surface area contributed by atoms with Crippen LogP contribution < -0.4 is 19.1 Å². The second kappa shape index (κ2) is 14.8. The highest BCUT2D eigenvalue weighted by Crippen LogP contribution is 2.36. The van der Waals surface area contributed by atoms with Gasteiger partial charge in [0.2, 0.25) is 11.8 Å². The van der Waals surface area contributed by atoms with Gasteiger partial charge in [-0.25, -0.2) is 8.42 Å². The molecule has 2 amide bonds. The molecule has 1 N–H and O–H groups in total. The summed E-state index contributed by atoms with van der Waals surface area (Å²) in [6, 6.07) is 14.8. The van der Waals surface area contributed by atoms with E-state index in [2.05, 4.69) is 5.32 Å². The van der Waals surface area contributed by atoms with Gasteiger partial charge in [0.15, 0.2) is 0 Å². The first-order valence-electron chi connectivity index (χ1n) is 13.7. The first kappa shape index (κ1) is 34.0. The van der Waals surface area contributed by atoms with Gasteiger partial charge in [0.25, 0.3) is 10.0 Å². The number of amides is 2. The molecular formula is C31H37Cl2N3O6S. The molecule has 0 fully saturated rings. The zero-order chi connectivity index (χ0) is 31.9. The Kier molecular flexibility index (Phi) is 11.7. The highest BCUT2D eigenvalue weighted by atomic mass is 35.5. The molecule has 0 saturated heterocycles. The lowest BCUT2D eigenvalue weighted by Crippen LogP contribution is -2.52. The number of hydrogen-bond acceptors (Lipinski definition) is 6. The van der Waals surface area contributed by atoms with Crippen molar-refractivity contribution in [1.29, 1.82) is 0 Å². The maximum atomic E-state index is 14.2. The molecule has 0 radical (unpaired) electrons. The van der Waals surface area contributed by atoms with Crippen molar-refractivity contribution in [3.8, 4) is 11.5 Å². The van der Waals surface area contributed by atoms with Crippen molar-refractivity contribution in [1.82, 2.24) is 10.2 Å². The van der Waals surface area contributed by atoms with Crippen LogP contribution in [0.4, 0.5) is 5.69 Å². The van der Waals surface area contributed by atoms with Crippen LogP contribution >= 0.6 is 23.2 Å². The number of ether oxygens (including phenoxy) is 2. The number of methoxy groups -OCH3 is 2. The van der Waals surface area contributed by atoms with Gasteiger partial charge in [-0.1, -0.05) is 53.9 Å². The molecule has 0 heterocycles. The van der Waals surface area contributed by atoms with Crippen molar-refractivity contribution >= 4 is 50.7 Å². The predicted molar refractivity (Wildman–Crippen MR) is 170 cm³/mol. The van der Waals surface area contributed by atoms with Gasteiger partial charge in [-0.3, -0.25) is 13.9 Å². The summed E-state index contributed by atoms with van der Waals surface area (Å²) in [5.41, 5.74) is 1.58. The van der Waals surface area contributed by atoms with Crippen LogP contribution in [-0.4, -0.2) is 58.0 Å². The Morgan fingerprint density at radius 3 is 2.19 bits per heavy atom. The molecule has 2 unspecified atom stereocenters. The van der Waals surface area contributed by atoms with E-state index in [0.29, 0.717) is 22.8 Å². The average Bonchev–Trinajstić information content (AvgIpc) is 2.99. The third kappa shape index (κ3) is 8.34. The Bertz CT molecular complexity index is 1550. The summed E-state index contributed by atoms with van der Waals surface area (Å²) in [6.45, 7) is 6.57. The number of hydrogen-bond donors (Lipinski definition) is 1. The third-order valence-electron chi connectivity index (χ3n) is 7.05. The highest BCUT2D eigenvalue weighted by molar-refractivity contribution is 7.92. The summed E-state index contributed by atoms with van der Waals surface area (Å²) >= 11 is 12.3. The minimum Gasteiger partial charge on any atom is -0.497 e. The lowest BCUT2D eigenvalue weighted by Gasteiger charge is -2.33. The van der Waals surface area contributed by atoms with E-state index in [1.165, 1.54) is 37.3 Å². The van der Waals surface area contributed by atoms with Gasteiger partial charge in [0, 0.05) is 18.7 Å². The Balaban J connectivity index is 2.13. The van der Waals surface area contributed by atoms with Crippen molar-refractivity contribution in [2.45, 2.75) is 57.6 Å². The van der Waals surface area contributed by atoms with E-state index < -0.39 is 28.5 Å². The molecule has 3 aromatic carbocycles. The van der Waals surface area contributed by atoms with E-state index in [9.17, 15) is 18.0 Å². The van der Waals surface area contributed by atoms with Crippen molar-refractivity contribution in [2.75, 3.05) is 25.1 Å². The van der Waals surface area contributed by atoms with Crippen LogP contribution in [0, 0.1) is 6.92 Å². The normalized spacial score (nSPS) is 12.7. The van der Waals surface area contributed by atoms with Gasteiger partial charge in [0.05, 0.1) is 34.8 Å². The summed E-state index contributed by atoms with van der Waals surface area (Å²) in [7, 11) is -1.44. The molecule has 232 valence electrons. The number of benzene rings is 3. The second-order valence-corrected chi connectivity index (χ2v) is 12.8. The van der Waals surface area contributed by atoms with E-state index in [4.69, 9.17) is 32.7 Å². The Morgan fingerprint density at radius 2 is 1.60 bits per heavy atom. The molecule has 43 heavy (non-hydrogen) atoms. The van der Waals surface area contributed by atoms with Crippen molar-refractivity contribution < 1.29 is 27.5 Å². The molecule has 0 aliphatic heterocycles. The first-order valence-corrected chi connectivity index (χ1v) is 15.9. The molecular weight excluding hydrogens is 613 g/mol. The van der Waals surface area contributed by atoms with Crippen LogP contribution in [0.25, 0.3) is 0 Å². The van der Waals surface area contributed by atoms with Gasteiger partial charge in [-0.05, 0) is 69.2 Å². The first-order chi connectivity index (χ1) is 20.3. The quantitative estimate of drug-likeness (QED) is 0.249. The second-order valence-electron chi connectivity index (χ2n) is 10.1. The van der Waals surface area contributed by atoms with E-state index >= 15 is 0 Å². The minimum absolute atomic E-state index is 0.0191. The molecule has 0 saturated carbocycles.